The van der Waals surface area contributed by atoms with Crippen LogP contribution in [0.3, 0.4) is 0 Å². The fourth-order valence-electron chi connectivity index (χ4n) is 3.31. The van der Waals surface area contributed by atoms with Crippen molar-refractivity contribution in [3.63, 3.8) is 0 Å². The molecule has 0 unspecified atom stereocenters. The van der Waals surface area contributed by atoms with Crippen LogP contribution in [-0.4, -0.2) is 25.0 Å². The molecular formula is C22H26N2O3. The molecule has 0 saturated carbocycles. The molecule has 1 N–H and O–H groups in total. The third-order valence-corrected chi connectivity index (χ3v) is 4.78. The Kier molecular flexibility index (Phi) is 5.79. The van der Waals surface area contributed by atoms with Crippen LogP contribution in [0.15, 0.2) is 42.5 Å². The summed E-state index contributed by atoms with van der Waals surface area (Å²) < 4.78 is 5.61. The number of amides is 2. The Balaban J connectivity index is 1.59. The molecule has 0 spiro atoms. The van der Waals surface area contributed by atoms with Crippen LogP contribution < -0.4 is 15.0 Å². The summed E-state index contributed by atoms with van der Waals surface area (Å²) in [4.78, 5) is 25.9. The summed E-state index contributed by atoms with van der Waals surface area (Å²) in [6.07, 6.45) is 1.50. The zero-order chi connectivity index (χ0) is 19.4. The molecule has 1 saturated heterocycles. The molecule has 2 amide bonds. The Morgan fingerprint density at radius 1 is 1.19 bits per heavy atom. The van der Waals surface area contributed by atoms with Gasteiger partial charge in [-0.3, -0.25) is 9.59 Å². The van der Waals surface area contributed by atoms with Gasteiger partial charge < -0.3 is 15.0 Å². The number of benzene rings is 2. The number of nitrogens with one attached hydrogen (secondary N) is 1. The second-order valence-electron chi connectivity index (χ2n) is 7.17. The molecule has 1 aliphatic rings. The number of anilines is 2. The molecule has 1 heterocycles. The van der Waals surface area contributed by atoms with E-state index in [-0.39, 0.29) is 18.4 Å². The molecule has 5 nitrogen and oxygen atoms in total. The van der Waals surface area contributed by atoms with Crippen LogP contribution in [0.1, 0.15) is 43.7 Å². The van der Waals surface area contributed by atoms with E-state index in [1.54, 1.807) is 17.0 Å². The summed E-state index contributed by atoms with van der Waals surface area (Å²) in [6, 6.07) is 13.3. The molecule has 0 radical (unpaired) electrons. The third kappa shape index (κ3) is 4.48. The predicted octanol–water partition coefficient (Wildman–Crippen LogP) is 4.26. The lowest BCUT2D eigenvalue weighted by molar-refractivity contribution is -0.118. The number of rotatable bonds is 6. The number of carbonyl (C=O) groups excluding carboxylic acids is 2. The van der Waals surface area contributed by atoms with Gasteiger partial charge in [0, 0.05) is 24.3 Å². The van der Waals surface area contributed by atoms with Gasteiger partial charge >= 0.3 is 0 Å². The van der Waals surface area contributed by atoms with E-state index in [1.807, 2.05) is 37.3 Å². The molecule has 0 atom stereocenters. The van der Waals surface area contributed by atoms with Crippen molar-refractivity contribution >= 4 is 23.2 Å². The topological polar surface area (TPSA) is 58.6 Å². The van der Waals surface area contributed by atoms with Crippen molar-refractivity contribution in [3.8, 4) is 5.75 Å². The van der Waals surface area contributed by atoms with Crippen LogP contribution in [0, 0.1) is 6.92 Å². The SMILES string of the molecule is Cc1cccc(C(C)C)c1NC(=O)COc1ccc(N2CCCC2=O)cc1. The highest BCUT2D eigenvalue weighted by Crippen LogP contribution is 2.27. The minimum absolute atomic E-state index is 0.0616. The van der Waals surface area contributed by atoms with Gasteiger partial charge in [-0.15, -0.1) is 0 Å². The first kappa shape index (κ1) is 19.0. The Bertz CT molecular complexity index is 828. The highest BCUT2D eigenvalue weighted by atomic mass is 16.5. The molecule has 3 rings (SSSR count). The van der Waals surface area contributed by atoms with Gasteiger partial charge in [0.1, 0.15) is 5.75 Å². The number of carbonyl (C=O) groups is 2. The molecule has 1 aliphatic heterocycles. The molecule has 1 fully saturated rings. The first-order valence-corrected chi connectivity index (χ1v) is 9.38. The van der Waals surface area contributed by atoms with Crippen molar-refractivity contribution in [1.82, 2.24) is 0 Å². The summed E-state index contributed by atoms with van der Waals surface area (Å²) >= 11 is 0. The molecule has 2 aromatic carbocycles. The van der Waals surface area contributed by atoms with Crippen LogP contribution in [0.25, 0.3) is 0 Å². The smallest absolute Gasteiger partial charge is 0.262 e. The summed E-state index contributed by atoms with van der Waals surface area (Å²) in [6.45, 7) is 6.89. The number of para-hydroxylation sites is 1. The average Bonchev–Trinajstić information content (AvgIpc) is 3.08. The van der Waals surface area contributed by atoms with E-state index in [0.717, 1.165) is 35.5 Å². The minimum atomic E-state index is -0.190. The van der Waals surface area contributed by atoms with Crippen LogP contribution in [-0.2, 0) is 9.59 Å². The van der Waals surface area contributed by atoms with E-state index in [0.29, 0.717) is 18.1 Å². The zero-order valence-corrected chi connectivity index (χ0v) is 16.1. The number of hydrogen-bond acceptors (Lipinski definition) is 3. The maximum absolute atomic E-state index is 12.3. The fourth-order valence-corrected chi connectivity index (χ4v) is 3.31. The van der Waals surface area contributed by atoms with E-state index in [2.05, 4.69) is 19.2 Å². The van der Waals surface area contributed by atoms with Crippen LogP contribution >= 0.6 is 0 Å². The van der Waals surface area contributed by atoms with Crippen molar-refractivity contribution in [1.29, 1.82) is 0 Å². The van der Waals surface area contributed by atoms with Crippen molar-refractivity contribution in [2.24, 2.45) is 0 Å². The number of nitrogens with zero attached hydrogens (tertiary/aromatic N) is 1. The second kappa shape index (κ2) is 8.25. The fraction of sp³-hybridized carbons (Fsp3) is 0.364. The Labute approximate surface area is 160 Å². The van der Waals surface area contributed by atoms with Gasteiger partial charge in [0.25, 0.3) is 5.91 Å². The summed E-state index contributed by atoms with van der Waals surface area (Å²) in [5.74, 6) is 0.892. The highest BCUT2D eigenvalue weighted by Gasteiger charge is 2.21. The van der Waals surface area contributed by atoms with Crippen molar-refractivity contribution < 1.29 is 14.3 Å². The van der Waals surface area contributed by atoms with Gasteiger partial charge in [-0.1, -0.05) is 32.0 Å². The van der Waals surface area contributed by atoms with Gasteiger partial charge in [-0.05, 0) is 54.7 Å². The van der Waals surface area contributed by atoms with E-state index >= 15 is 0 Å². The number of ether oxygens (including phenoxy) is 1. The highest BCUT2D eigenvalue weighted by molar-refractivity contribution is 5.95. The Hall–Kier alpha value is -2.82. The van der Waals surface area contributed by atoms with Crippen LogP contribution in [0.5, 0.6) is 5.75 Å². The minimum Gasteiger partial charge on any atom is -0.484 e. The number of hydrogen-bond donors (Lipinski definition) is 1. The summed E-state index contributed by atoms with van der Waals surface area (Å²) in [7, 11) is 0. The maximum atomic E-state index is 12.3. The van der Waals surface area contributed by atoms with Crippen LogP contribution in [0.4, 0.5) is 11.4 Å². The summed E-state index contributed by atoms with van der Waals surface area (Å²) in [5.41, 5.74) is 3.89. The maximum Gasteiger partial charge on any atom is 0.262 e. The van der Waals surface area contributed by atoms with E-state index in [9.17, 15) is 9.59 Å². The average molecular weight is 366 g/mol. The zero-order valence-electron chi connectivity index (χ0n) is 16.1. The quantitative estimate of drug-likeness (QED) is 0.831. The second-order valence-corrected chi connectivity index (χ2v) is 7.17. The Morgan fingerprint density at radius 2 is 1.93 bits per heavy atom. The lowest BCUT2D eigenvalue weighted by atomic mass is 9.98. The molecule has 142 valence electrons. The Morgan fingerprint density at radius 3 is 2.56 bits per heavy atom. The van der Waals surface area contributed by atoms with Gasteiger partial charge in [0.15, 0.2) is 6.61 Å². The standard InChI is InChI=1S/C22H26N2O3/c1-15(2)19-7-4-6-16(3)22(19)23-20(25)14-27-18-11-9-17(10-12-18)24-13-5-8-21(24)26/h4,6-7,9-12,15H,5,8,13-14H2,1-3H3,(H,23,25). The third-order valence-electron chi connectivity index (χ3n) is 4.78. The first-order chi connectivity index (χ1) is 13.0. The van der Waals surface area contributed by atoms with E-state index in [1.165, 1.54) is 0 Å². The lowest BCUT2D eigenvalue weighted by Crippen LogP contribution is -2.23. The summed E-state index contributed by atoms with van der Waals surface area (Å²) in [5, 5.41) is 2.98. The normalized spacial score (nSPS) is 13.9. The lowest BCUT2D eigenvalue weighted by Gasteiger charge is -2.17. The molecule has 0 aromatic heterocycles. The molecule has 27 heavy (non-hydrogen) atoms. The van der Waals surface area contributed by atoms with Crippen LogP contribution in [0.2, 0.25) is 0 Å². The molecule has 5 heteroatoms. The number of aryl methyl sites for hydroxylation is 1. The van der Waals surface area contributed by atoms with E-state index in [4.69, 9.17) is 4.74 Å². The van der Waals surface area contributed by atoms with Crippen molar-refractivity contribution in [2.75, 3.05) is 23.4 Å². The van der Waals surface area contributed by atoms with Crippen molar-refractivity contribution in [2.45, 2.75) is 39.5 Å². The van der Waals surface area contributed by atoms with Gasteiger partial charge in [0.05, 0.1) is 0 Å². The van der Waals surface area contributed by atoms with Gasteiger partial charge in [-0.25, -0.2) is 0 Å². The first-order valence-electron chi connectivity index (χ1n) is 9.38. The largest absolute Gasteiger partial charge is 0.484 e. The van der Waals surface area contributed by atoms with E-state index < -0.39 is 0 Å². The van der Waals surface area contributed by atoms with Gasteiger partial charge in [-0.2, -0.15) is 0 Å². The molecule has 0 bridgehead atoms. The molecule has 2 aromatic rings. The monoisotopic (exact) mass is 366 g/mol. The molecule has 0 aliphatic carbocycles. The predicted molar refractivity (Wildman–Crippen MR) is 107 cm³/mol. The van der Waals surface area contributed by atoms with Gasteiger partial charge in [0.2, 0.25) is 5.91 Å². The molecular weight excluding hydrogens is 340 g/mol. The van der Waals surface area contributed by atoms with Crippen molar-refractivity contribution in [3.05, 3.63) is 53.6 Å².